The fraction of sp³-hybridized carbons (Fsp3) is 0.923. The standard InChI is InChI=1S/C13H24N2O5S/c1-14(11-6-4-3-5-7-11)21(17,18)15-8-9-20-12(10-15)13(16)19-2/h11-12H,3-10H2,1-2H3. The van der Waals surface area contributed by atoms with E-state index in [1.54, 1.807) is 7.05 Å². The molecule has 0 aromatic heterocycles. The van der Waals surface area contributed by atoms with Crippen LogP contribution < -0.4 is 0 Å². The van der Waals surface area contributed by atoms with Crippen LogP contribution in [0.4, 0.5) is 0 Å². The van der Waals surface area contributed by atoms with E-state index in [1.807, 2.05) is 0 Å². The molecule has 0 aromatic rings. The van der Waals surface area contributed by atoms with Gasteiger partial charge in [-0.2, -0.15) is 17.0 Å². The van der Waals surface area contributed by atoms with Gasteiger partial charge in [-0.3, -0.25) is 0 Å². The molecule has 1 aliphatic heterocycles. The topological polar surface area (TPSA) is 76.2 Å². The van der Waals surface area contributed by atoms with Crippen molar-refractivity contribution in [3.63, 3.8) is 0 Å². The highest BCUT2D eigenvalue weighted by molar-refractivity contribution is 7.86. The van der Waals surface area contributed by atoms with Crippen LogP contribution in [0.3, 0.4) is 0 Å². The van der Waals surface area contributed by atoms with Gasteiger partial charge in [0.25, 0.3) is 10.2 Å². The zero-order chi connectivity index (χ0) is 15.5. The van der Waals surface area contributed by atoms with E-state index >= 15 is 0 Å². The lowest BCUT2D eigenvalue weighted by Crippen LogP contribution is -2.54. The van der Waals surface area contributed by atoms with Crippen molar-refractivity contribution in [3.8, 4) is 0 Å². The molecule has 8 heteroatoms. The summed E-state index contributed by atoms with van der Waals surface area (Å²) >= 11 is 0. The Kier molecular flexibility index (Phi) is 5.59. The molecular weight excluding hydrogens is 296 g/mol. The van der Waals surface area contributed by atoms with Crippen molar-refractivity contribution in [3.05, 3.63) is 0 Å². The summed E-state index contributed by atoms with van der Waals surface area (Å²) in [5.41, 5.74) is 0. The summed E-state index contributed by atoms with van der Waals surface area (Å²) in [6.07, 6.45) is 4.28. The molecule has 1 saturated heterocycles. The number of carbonyl (C=O) groups excluding carboxylic acids is 1. The number of nitrogens with zero attached hydrogens (tertiary/aromatic N) is 2. The molecule has 7 nitrogen and oxygen atoms in total. The molecule has 2 rings (SSSR count). The van der Waals surface area contributed by atoms with Gasteiger partial charge in [0.1, 0.15) is 0 Å². The van der Waals surface area contributed by atoms with Crippen LogP contribution in [0, 0.1) is 0 Å². The fourth-order valence-corrected chi connectivity index (χ4v) is 4.51. The number of morpholine rings is 1. The molecule has 0 bridgehead atoms. The van der Waals surface area contributed by atoms with Gasteiger partial charge in [-0.05, 0) is 12.8 Å². The molecule has 1 heterocycles. The number of carbonyl (C=O) groups is 1. The lowest BCUT2D eigenvalue weighted by atomic mass is 9.96. The third kappa shape index (κ3) is 3.74. The van der Waals surface area contributed by atoms with Crippen LogP contribution in [0.1, 0.15) is 32.1 Å². The van der Waals surface area contributed by atoms with Crippen LogP contribution in [-0.2, 0) is 24.5 Å². The van der Waals surface area contributed by atoms with Gasteiger partial charge in [-0.1, -0.05) is 19.3 Å². The highest BCUT2D eigenvalue weighted by atomic mass is 32.2. The van der Waals surface area contributed by atoms with E-state index in [2.05, 4.69) is 4.74 Å². The van der Waals surface area contributed by atoms with Crippen molar-refractivity contribution >= 4 is 16.2 Å². The minimum absolute atomic E-state index is 0.0199. The third-order valence-electron chi connectivity index (χ3n) is 4.27. The van der Waals surface area contributed by atoms with E-state index in [1.165, 1.54) is 22.1 Å². The van der Waals surface area contributed by atoms with E-state index in [4.69, 9.17) is 4.74 Å². The van der Waals surface area contributed by atoms with Gasteiger partial charge in [0.05, 0.1) is 20.3 Å². The first-order chi connectivity index (χ1) is 9.96. The van der Waals surface area contributed by atoms with Crippen LogP contribution in [0.15, 0.2) is 0 Å². The smallest absolute Gasteiger partial charge is 0.336 e. The Morgan fingerprint density at radius 2 is 1.95 bits per heavy atom. The lowest BCUT2D eigenvalue weighted by molar-refractivity contribution is -0.157. The number of hydrogen-bond acceptors (Lipinski definition) is 5. The Morgan fingerprint density at radius 1 is 1.29 bits per heavy atom. The SMILES string of the molecule is COC(=O)C1CN(S(=O)(=O)N(C)C2CCCCC2)CCO1. The quantitative estimate of drug-likeness (QED) is 0.700. The molecular formula is C13H24N2O5S. The minimum atomic E-state index is -3.56. The molecule has 0 radical (unpaired) electrons. The monoisotopic (exact) mass is 320 g/mol. The Morgan fingerprint density at radius 3 is 2.57 bits per heavy atom. The van der Waals surface area contributed by atoms with Gasteiger partial charge < -0.3 is 9.47 Å². The molecule has 21 heavy (non-hydrogen) atoms. The number of methoxy groups -OCH3 is 1. The second-order valence-corrected chi connectivity index (χ2v) is 7.54. The fourth-order valence-electron chi connectivity index (χ4n) is 2.92. The Hall–Kier alpha value is -0.700. The molecule has 1 saturated carbocycles. The summed E-state index contributed by atoms with van der Waals surface area (Å²) in [7, 11) is -0.653. The van der Waals surface area contributed by atoms with Crippen molar-refractivity contribution in [2.24, 2.45) is 0 Å². The zero-order valence-electron chi connectivity index (χ0n) is 12.7. The van der Waals surface area contributed by atoms with Gasteiger partial charge in [-0.25, -0.2) is 4.79 Å². The summed E-state index contributed by atoms with van der Waals surface area (Å²) in [6, 6.07) is 0.0585. The van der Waals surface area contributed by atoms with Crippen LogP contribution in [-0.4, -0.2) is 69.0 Å². The van der Waals surface area contributed by atoms with Crippen molar-refractivity contribution in [1.82, 2.24) is 8.61 Å². The molecule has 2 fully saturated rings. The lowest BCUT2D eigenvalue weighted by Gasteiger charge is -2.37. The van der Waals surface area contributed by atoms with Crippen LogP contribution >= 0.6 is 0 Å². The molecule has 1 atom stereocenters. The predicted molar refractivity (Wildman–Crippen MR) is 76.9 cm³/mol. The Balaban J connectivity index is 2.05. The average Bonchev–Trinajstić information content (AvgIpc) is 2.54. The summed E-state index contributed by atoms with van der Waals surface area (Å²) < 4.78 is 38.1. The van der Waals surface area contributed by atoms with Crippen molar-refractivity contribution in [2.75, 3.05) is 33.9 Å². The molecule has 2 aliphatic rings. The van der Waals surface area contributed by atoms with Crippen molar-refractivity contribution in [1.29, 1.82) is 0 Å². The normalized spacial score (nSPS) is 26.0. The molecule has 0 spiro atoms. The highest BCUT2D eigenvalue weighted by Gasteiger charge is 2.38. The minimum Gasteiger partial charge on any atom is -0.467 e. The van der Waals surface area contributed by atoms with Gasteiger partial charge in [0, 0.05) is 19.6 Å². The Bertz CT molecular complexity index is 461. The zero-order valence-corrected chi connectivity index (χ0v) is 13.5. The van der Waals surface area contributed by atoms with Gasteiger partial charge >= 0.3 is 5.97 Å². The van der Waals surface area contributed by atoms with Crippen molar-refractivity contribution < 1.29 is 22.7 Å². The highest BCUT2D eigenvalue weighted by Crippen LogP contribution is 2.25. The first kappa shape index (κ1) is 16.7. The maximum Gasteiger partial charge on any atom is 0.336 e. The molecule has 1 unspecified atom stereocenters. The van der Waals surface area contributed by atoms with Crippen LogP contribution in [0.25, 0.3) is 0 Å². The third-order valence-corrected chi connectivity index (χ3v) is 6.28. The molecule has 0 N–H and O–H groups in total. The van der Waals surface area contributed by atoms with Crippen molar-refractivity contribution in [2.45, 2.75) is 44.2 Å². The first-order valence-electron chi connectivity index (χ1n) is 7.39. The molecule has 0 amide bonds. The summed E-state index contributed by atoms with van der Waals surface area (Å²) in [5.74, 6) is -0.532. The number of hydrogen-bond donors (Lipinski definition) is 0. The average molecular weight is 320 g/mol. The van der Waals surface area contributed by atoms with Gasteiger partial charge in [0.15, 0.2) is 6.10 Å². The summed E-state index contributed by atoms with van der Waals surface area (Å²) in [6.45, 7) is 0.496. The first-order valence-corrected chi connectivity index (χ1v) is 8.79. The summed E-state index contributed by atoms with van der Waals surface area (Å²) in [5, 5.41) is 0. The largest absolute Gasteiger partial charge is 0.467 e. The number of rotatable bonds is 4. The van der Waals surface area contributed by atoms with E-state index in [0.717, 1.165) is 25.7 Å². The second kappa shape index (κ2) is 7.04. The van der Waals surface area contributed by atoms with Gasteiger partial charge in [-0.15, -0.1) is 0 Å². The van der Waals surface area contributed by atoms with Crippen LogP contribution in [0.2, 0.25) is 0 Å². The van der Waals surface area contributed by atoms with E-state index < -0.39 is 22.3 Å². The van der Waals surface area contributed by atoms with E-state index in [-0.39, 0.29) is 25.7 Å². The van der Waals surface area contributed by atoms with Crippen LogP contribution in [0.5, 0.6) is 0 Å². The second-order valence-electron chi connectivity index (χ2n) is 5.56. The van der Waals surface area contributed by atoms with E-state index in [9.17, 15) is 13.2 Å². The maximum atomic E-state index is 12.7. The number of ether oxygens (including phenoxy) is 2. The van der Waals surface area contributed by atoms with Gasteiger partial charge in [0.2, 0.25) is 0 Å². The molecule has 1 aliphatic carbocycles. The predicted octanol–water partition coefficient (Wildman–Crippen LogP) is 0.370. The summed E-state index contributed by atoms with van der Waals surface area (Å²) in [4.78, 5) is 11.5. The Labute approximate surface area is 126 Å². The van der Waals surface area contributed by atoms with E-state index in [0.29, 0.717) is 0 Å². The molecule has 0 aromatic carbocycles. The number of esters is 1. The maximum absolute atomic E-state index is 12.7. The molecule has 122 valence electrons.